The van der Waals surface area contributed by atoms with Crippen molar-refractivity contribution in [2.24, 2.45) is 10.9 Å². The zero-order valence-corrected chi connectivity index (χ0v) is 17.1. The zero-order valence-electron chi connectivity index (χ0n) is 17.1. The Bertz CT molecular complexity index is 437. The molecule has 0 aromatic rings. The van der Waals surface area contributed by atoms with E-state index < -0.39 is 0 Å². The van der Waals surface area contributed by atoms with Gasteiger partial charge in [0, 0.05) is 32.7 Å². The lowest BCUT2D eigenvalue weighted by Crippen LogP contribution is -2.51. The molecule has 2 N–H and O–H groups in total. The molecule has 1 atom stereocenters. The fraction of sp³-hybridized carbons (Fsp3) is 0.900. The molecule has 0 bridgehead atoms. The fourth-order valence-electron chi connectivity index (χ4n) is 4.05. The van der Waals surface area contributed by atoms with Crippen LogP contribution in [0.3, 0.4) is 0 Å². The monoisotopic (exact) mass is 365 g/mol. The topological polar surface area (TPSA) is 60.0 Å². The Morgan fingerprint density at radius 1 is 0.923 bits per heavy atom. The molecular formula is C20H39N5O. The number of nitrogens with zero attached hydrogens (tertiary/aromatic N) is 3. The molecule has 2 rings (SSSR count). The number of aliphatic imine (C=N–C) groups is 1. The van der Waals surface area contributed by atoms with Gasteiger partial charge >= 0.3 is 0 Å². The molecule has 6 heteroatoms. The number of piperidine rings is 1. The number of nitrogens with one attached hydrogen (secondary N) is 2. The predicted molar refractivity (Wildman–Crippen MR) is 108 cm³/mol. The predicted octanol–water partition coefficient (Wildman–Crippen LogP) is 2.06. The van der Waals surface area contributed by atoms with Gasteiger partial charge in [-0.05, 0) is 51.1 Å². The van der Waals surface area contributed by atoms with Gasteiger partial charge < -0.3 is 15.5 Å². The van der Waals surface area contributed by atoms with Gasteiger partial charge in [0.1, 0.15) is 0 Å². The van der Waals surface area contributed by atoms with Crippen LogP contribution in [-0.2, 0) is 4.79 Å². The minimum atomic E-state index is 0.181. The zero-order chi connectivity index (χ0) is 18.8. The van der Waals surface area contributed by atoms with E-state index in [-0.39, 0.29) is 5.91 Å². The number of amides is 1. The highest BCUT2D eigenvalue weighted by molar-refractivity contribution is 5.86. The average molecular weight is 366 g/mol. The van der Waals surface area contributed by atoms with Crippen LogP contribution < -0.4 is 10.6 Å². The second-order valence-electron chi connectivity index (χ2n) is 8.01. The molecule has 0 aromatic carbocycles. The van der Waals surface area contributed by atoms with Gasteiger partial charge in [-0.1, -0.05) is 26.7 Å². The van der Waals surface area contributed by atoms with E-state index in [0.717, 1.165) is 38.4 Å². The van der Waals surface area contributed by atoms with Crippen molar-refractivity contribution in [3.05, 3.63) is 0 Å². The summed E-state index contributed by atoms with van der Waals surface area (Å²) in [6.45, 7) is 9.99. The van der Waals surface area contributed by atoms with E-state index in [1.165, 1.54) is 45.2 Å². The van der Waals surface area contributed by atoms with Crippen LogP contribution in [0.5, 0.6) is 0 Å². The van der Waals surface area contributed by atoms with E-state index in [1.54, 1.807) is 7.05 Å². The normalized spacial score (nSPS) is 21.4. The van der Waals surface area contributed by atoms with E-state index in [4.69, 9.17) is 0 Å². The number of carbonyl (C=O) groups excluding carboxylic acids is 1. The lowest BCUT2D eigenvalue weighted by atomic mass is 10.0. The summed E-state index contributed by atoms with van der Waals surface area (Å²) in [5.74, 6) is 1.50. The van der Waals surface area contributed by atoms with Crippen molar-refractivity contribution >= 4 is 11.9 Å². The fourth-order valence-corrected chi connectivity index (χ4v) is 4.05. The van der Waals surface area contributed by atoms with Crippen molar-refractivity contribution < 1.29 is 4.79 Å². The first-order valence-electron chi connectivity index (χ1n) is 10.6. The van der Waals surface area contributed by atoms with Gasteiger partial charge in [0.15, 0.2) is 5.96 Å². The van der Waals surface area contributed by atoms with Crippen LogP contribution in [0.1, 0.15) is 58.8 Å². The molecule has 26 heavy (non-hydrogen) atoms. The second-order valence-corrected chi connectivity index (χ2v) is 8.01. The lowest BCUT2D eigenvalue weighted by Gasteiger charge is -2.34. The van der Waals surface area contributed by atoms with E-state index in [0.29, 0.717) is 18.5 Å². The van der Waals surface area contributed by atoms with Gasteiger partial charge in [-0.25, -0.2) is 0 Å². The summed E-state index contributed by atoms with van der Waals surface area (Å²) in [5.41, 5.74) is 0. The van der Waals surface area contributed by atoms with Crippen molar-refractivity contribution in [3.63, 3.8) is 0 Å². The first-order valence-corrected chi connectivity index (χ1v) is 10.6. The minimum absolute atomic E-state index is 0.181. The van der Waals surface area contributed by atoms with Gasteiger partial charge in [-0.2, -0.15) is 0 Å². The molecule has 2 aliphatic heterocycles. The molecule has 2 saturated heterocycles. The number of rotatable bonds is 6. The maximum absolute atomic E-state index is 12.3. The van der Waals surface area contributed by atoms with Crippen molar-refractivity contribution in [3.8, 4) is 0 Å². The summed E-state index contributed by atoms with van der Waals surface area (Å²) in [5, 5.41) is 6.66. The number of hydrogen-bond acceptors (Lipinski definition) is 3. The first kappa shape index (κ1) is 21.0. The average Bonchev–Trinajstić information content (AvgIpc) is 2.94. The number of carbonyl (C=O) groups is 1. The van der Waals surface area contributed by atoms with Gasteiger partial charge in [-0.15, -0.1) is 0 Å². The highest BCUT2D eigenvalue weighted by Crippen LogP contribution is 2.17. The third-order valence-electron chi connectivity index (χ3n) is 5.70. The summed E-state index contributed by atoms with van der Waals surface area (Å²) in [6.07, 6.45) is 8.83. The number of likely N-dealkylation sites (tertiary alicyclic amines) is 2. The van der Waals surface area contributed by atoms with E-state index in [2.05, 4.69) is 34.4 Å². The summed E-state index contributed by atoms with van der Waals surface area (Å²) >= 11 is 0. The Morgan fingerprint density at radius 3 is 2.08 bits per heavy atom. The molecule has 0 spiro atoms. The van der Waals surface area contributed by atoms with Crippen LogP contribution in [0.15, 0.2) is 4.99 Å². The smallest absolute Gasteiger partial charge is 0.241 e. The van der Waals surface area contributed by atoms with Gasteiger partial charge in [-0.3, -0.25) is 14.7 Å². The maximum Gasteiger partial charge on any atom is 0.241 e. The van der Waals surface area contributed by atoms with Crippen LogP contribution in [0.25, 0.3) is 0 Å². The Kier molecular flexibility index (Phi) is 9.23. The SMILES string of the molecule is CN=C(NCC(=O)N1CCCCC1)NCC(C(C)C)N1CCCCCC1. The van der Waals surface area contributed by atoms with Gasteiger partial charge in [0.05, 0.1) is 6.54 Å². The Balaban J connectivity index is 1.78. The third kappa shape index (κ3) is 6.78. The highest BCUT2D eigenvalue weighted by atomic mass is 16.2. The first-order chi connectivity index (χ1) is 12.6. The van der Waals surface area contributed by atoms with Crippen LogP contribution in [0.4, 0.5) is 0 Å². The Hall–Kier alpha value is -1.30. The summed E-state index contributed by atoms with van der Waals surface area (Å²) in [6, 6.07) is 0.504. The van der Waals surface area contributed by atoms with Gasteiger partial charge in [0.2, 0.25) is 5.91 Å². The van der Waals surface area contributed by atoms with E-state index >= 15 is 0 Å². The quantitative estimate of drug-likeness (QED) is 0.559. The standard InChI is InChI=1S/C20H39N5O/c1-17(2)18(24-11-7-4-5-8-12-24)15-22-20(21-3)23-16-19(26)25-13-9-6-10-14-25/h17-18H,4-16H2,1-3H3,(H2,21,22,23). The van der Waals surface area contributed by atoms with Crippen LogP contribution in [0.2, 0.25) is 0 Å². The van der Waals surface area contributed by atoms with Gasteiger partial charge in [0.25, 0.3) is 0 Å². The molecule has 2 fully saturated rings. The molecule has 2 aliphatic rings. The molecule has 1 unspecified atom stereocenters. The third-order valence-corrected chi connectivity index (χ3v) is 5.70. The maximum atomic E-state index is 12.3. The Morgan fingerprint density at radius 2 is 1.50 bits per heavy atom. The van der Waals surface area contributed by atoms with Crippen molar-refractivity contribution in [1.82, 2.24) is 20.4 Å². The molecule has 1 amide bonds. The van der Waals surface area contributed by atoms with Crippen molar-refractivity contribution in [2.45, 2.75) is 64.8 Å². The lowest BCUT2D eigenvalue weighted by molar-refractivity contribution is -0.130. The highest BCUT2D eigenvalue weighted by Gasteiger charge is 2.23. The summed E-state index contributed by atoms with van der Waals surface area (Å²) in [4.78, 5) is 21.2. The second kappa shape index (κ2) is 11.4. The summed E-state index contributed by atoms with van der Waals surface area (Å²) in [7, 11) is 1.77. The largest absolute Gasteiger partial charge is 0.355 e. The van der Waals surface area contributed by atoms with E-state index in [1.807, 2.05) is 4.90 Å². The molecule has 150 valence electrons. The molecule has 2 heterocycles. The van der Waals surface area contributed by atoms with Crippen molar-refractivity contribution in [2.75, 3.05) is 46.3 Å². The van der Waals surface area contributed by atoms with Crippen LogP contribution in [-0.4, -0.2) is 74.0 Å². The molecule has 6 nitrogen and oxygen atoms in total. The molecule has 0 aliphatic carbocycles. The minimum Gasteiger partial charge on any atom is -0.355 e. The van der Waals surface area contributed by atoms with Crippen LogP contribution in [0, 0.1) is 5.92 Å². The van der Waals surface area contributed by atoms with E-state index in [9.17, 15) is 4.79 Å². The Labute approximate surface area is 159 Å². The molecule has 0 saturated carbocycles. The number of guanidine groups is 1. The van der Waals surface area contributed by atoms with Crippen LogP contribution >= 0.6 is 0 Å². The molecule has 0 radical (unpaired) electrons. The molecular weight excluding hydrogens is 326 g/mol. The number of hydrogen-bond donors (Lipinski definition) is 2. The summed E-state index contributed by atoms with van der Waals surface area (Å²) < 4.78 is 0. The molecule has 0 aromatic heterocycles. The van der Waals surface area contributed by atoms with Crippen molar-refractivity contribution in [1.29, 1.82) is 0 Å².